The fraction of sp³-hybridized carbons (Fsp3) is 0.286. The number of hydrogen-bond donors (Lipinski definition) is 1. The van der Waals surface area contributed by atoms with E-state index >= 15 is 0 Å². The zero-order chi connectivity index (χ0) is 15.4. The molecule has 0 aliphatic carbocycles. The lowest BCUT2D eigenvalue weighted by molar-refractivity contribution is 0.0767. The number of amides is 1. The van der Waals surface area contributed by atoms with Gasteiger partial charge in [-0.1, -0.05) is 12.2 Å². The predicted molar refractivity (Wildman–Crippen MR) is 84.5 cm³/mol. The molecule has 21 heavy (non-hydrogen) atoms. The second kappa shape index (κ2) is 6.45. The van der Waals surface area contributed by atoms with Gasteiger partial charge in [-0.05, 0) is 26.0 Å². The summed E-state index contributed by atoms with van der Waals surface area (Å²) in [5, 5.41) is 0. The van der Waals surface area contributed by atoms with Crippen molar-refractivity contribution in [3.63, 3.8) is 0 Å². The number of pyridine rings is 1. The Balaban J connectivity index is 2.40. The van der Waals surface area contributed by atoms with Crippen molar-refractivity contribution in [3.8, 4) is 5.69 Å². The van der Waals surface area contributed by atoms with Crippen LogP contribution in [0.15, 0.2) is 30.7 Å². The van der Waals surface area contributed by atoms with Crippen molar-refractivity contribution in [2.24, 2.45) is 5.73 Å². The number of carbonyl (C=O) groups excluding carboxylic acids is 1. The SMILES string of the molecule is CCN(CC)C(=O)c1cc(-n2ccnc2C(N)=S)ccn1. The van der Waals surface area contributed by atoms with Crippen LogP contribution in [0.3, 0.4) is 0 Å². The van der Waals surface area contributed by atoms with E-state index in [4.69, 9.17) is 18.0 Å². The van der Waals surface area contributed by atoms with Crippen LogP contribution >= 0.6 is 12.2 Å². The molecule has 0 bridgehead atoms. The van der Waals surface area contributed by atoms with Gasteiger partial charge in [-0.3, -0.25) is 14.3 Å². The van der Waals surface area contributed by atoms with Crippen LogP contribution in [0.1, 0.15) is 30.2 Å². The van der Waals surface area contributed by atoms with E-state index in [-0.39, 0.29) is 10.9 Å². The number of thiocarbonyl (C=S) groups is 1. The van der Waals surface area contributed by atoms with Gasteiger partial charge >= 0.3 is 0 Å². The fourth-order valence-corrected chi connectivity index (χ4v) is 2.20. The zero-order valence-corrected chi connectivity index (χ0v) is 12.8. The highest BCUT2D eigenvalue weighted by Gasteiger charge is 2.15. The summed E-state index contributed by atoms with van der Waals surface area (Å²) in [5.74, 6) is 0.385. The molecule has 0 aromatic carbocycles. The fourth-order valence-electron chi connectivity index (χ4n) is 2.05. The van der Waals surface area contributed by atoms with Crippen molar-refractivity contribution in [2.75, 3.05) is 13.1 Å². The minimum Gasteiger partial charge on any atom is -0.387 e. The van der Waals surface area contributed by atoms with Gasteiger partial charge in [0.25, 0.3) is 5.91 Å². The molecule has 0 saturated heterocycles. The summed E-state index contributed by atoms with van der Waals surface area (Å²) in [5.41, 5.74) is 6.78. The van der Waals surface area contributed by atoms with E-state index in [1.165, 1.54) is 0 Å². The molecule has 0 atom stereocenters. The predicted octanol–water partition coefficient (Wildman–Crippen LogP) is 1.38. The highest BCUT2D eigenvalue weighted by Crippen LogP contribution is 2.13. The topological polar surface area (TPSA) is 77.0 Å². The maximum atomic E-state index is 12.3. The molecule has 2 heterocycles. The zero-order valence-electron chi connectivity index (χ0n) is 12.0. The van der Waals surface area contributed by atoms with Gasteiger partial charge < -0.3 is 10.6 Å². The van der Waals surface area contributed by atoms with Crippen molar-refractivity contribution in [1.82, 2.24) is 19.4 Å². The molecule has 0 unspecified atom stereocenters. The van der Waals surface area contributed by atoms with Gasteiger partial charge in [-0.15, -0.1) is 0 Å². The van der Waals surface area contributed by atoms with E-state index < -0.39 is 0 Å². The first kappa shape index (κ1) is 15.1. The van der Waals surface area contributed by atoms with Crippen molar-refractivity contribution in [1.29, 1.82) is 0 Å². The summed E-state index contributed by atoms with van der Waals surface area (Å²) >= 11 is 4.97. The molecular formula is C14H17N5OS. The summed E-state index contributed by atoms with van der Waals surface area (Å²) in [4.78, 5) is 22.5. The minimum atomic E-state index is -0.0983. The maximum Gasteiger partial charge on any atom is 0.272 e. The van der Waals surface area contributed by atoms with Gasteiger partial charge in [0.2, 0.25) is 0 Å². The standard InChI is InChI=1S/C14H17N5OS/c1-3-18(4-2)14(20)11-9-10(5-6-16-11)19-8-7-17-13(19)12(15)21/h5-9H,3-4H2,1-2H3,(H2,15,21). The Morgan fingerprint density at radius 3 is 2.67 bits per heavy atom. The Bertz CT molecular complexity index is 663. The molecule has 0 spiro atoms. The lowest BCUT2D eigenvalue weighted by atomic mass is 10.2. The Labute approximate surface area is 128 Å². The van der Waals surface area contributed by atoms with Crippen molar-refractivity contribution in [3.05, 3.63) is 42.2 Å². The second-order valence-electron chi connectivity index (χ2n) is 4.36. The molecular weight excluding hydrogens is 286 g/mol. The maximum absolute atomic E-state index is 12.3. The smallest absolute Gasteiger partial charge is 0.272 e. The molecule has 7 heteroatoms. The van der Waals surface area contributed by atoms with Crippen molar-refractivity contribution in [2.45, 2.75) is 13.8 Å². The molecule has 1 amide bonds. The first-order chi connectivity index (χ1) is 10.1. The van der Waals surface area contributed by atoms with E-state index in [1.807, 2.05) is 13.8 Å². The van der Waals surface area contributed by atoms with Crippen LogP contribution in [0.4, 0.5) is 0 Å². The van der Waals surface area contributed by atoms with Crippen LogP contribution in [0.25, 0.3) is 5.69 Å². The average molecular weight is 303 g/mol. The number of hydrogen-bond acceptors (Lipinski definition) is 4. The lowest BCUT2D eigenvalue weighted by Gasteiger charge is -2.18. The quantitative estimate of drug-likeness (QED) is 0.845. The Hall–Kier alpha value is -2.28. The summed E-state index contributed by atoms with van der Waals surface area (Å²) in [7, 11) is 0. The van der Waals surface area contributed by atoms with Crippen LogP contribution in [0, 0.1) is 0 Å². The largest absolute Gasteiger partial charge is 0.387 e. The number of nitrogens with zero attached hydrogens (tertiary/aromatic N) is 4. The van der Waals surface area contributed by atoms with Gasteiger partial charge in [0.15, 0.2) is 5.82 Å². The molecule has 0 saturated carbocycles. The monoisotopic (exact) mass is 303 g/mol. The molecule has 2 aromatic heterocycles. The third kappa shape index (κ3) is 3.08. The van der Waals surface area contributed by atoms with Crippen LogP contribution < -0.4 is 5.73 Å². The second-order valence-corrected chi connectivity index (χ2v) is 4.80. The van der Waals surface area contributed by atoms with Crippen LogP contribution in [-0.4, -0.2) is 43.4 Å². The average Bonchev–Trinajstić information content (AvgIpc) is 2.98. The first-order valence-corrected chi connectivity index (χ1v) is 7.08. The van der Waals surface area contributed by atoms with Gasteiger partial charge in [-0.25, -0.2) is 4.98 Å². The highest BCUT2D eigenvalue weighted by atomic mass is 32.1. The molecule has 2 N–H and O–H groups in total. The van der Waals surface area contributed by atoms with Crippen LogP contribution in [0.2, 0.25) is 0 Å². The van der Waals surface area contributed by atoms with Gasteiger partial charge in [0.05, 0.1) is 5.69 Å². The highest BCUT2D eigenvalue weighted by molar-refractivity contribution is 7.80. The van der Waals surface area contributed by atoms with Crippen molar-refractivity contribution < 1.29 is 4.79 Å². The molecule has 0 fully saturated rings. The molecule has 2 rings (SSSR count). The minimum absolute atomic E-state index is 0.0983. The van der Waals surface area contributed by atoms with Gasteiger partial charge in [0, 0.05) is 31.7 Å². The van der Waals surface area contributed by atoms with E-state index in [9.17, 15) is 4.79 Å². The first-order valence-electron chi connectivity index (χ1n) is 6.67. The van der Waals surface area contributed by atoms with Gasteiger partial charge in [0.1, 0.15) is 10.7 Å². The van der Waals surface area contributed by atoms with E-state index in [0.29, 0.717) is 24.6 Å². The lowest BCUT2D eigenvalue weighted by Crippen LogP contribution is -2.31. The van der Waals surface area contributed by atoms with Crippen LogP contribution in [-0.2, 0) is 0 Å². The number of aromatic nitrogens is 3. The Morgan fingerprint density at radius 2 is 2.05 bits per heavy atom. The van der Waals surface area contributed by atoms with Crippen molar-refractivity contribution >= 4 is 23.1 Å². The Kier molecular flexibility index (Phi) is 4.64. The summed E-state index contributed by atoms with van der Waals surface area (Å²) in [6, 6.07) is 3.49. The number of imidazole rings is 1. The normalized spacial score (nSPS) is 10.4. The van der Waals surface area contributed by atoms with E-state index in [1.54, 1.807) is 40.2 Å². The molecule has 0 radical (unpaired) electrons. The third-order valence-electron chi connectivity index (χ3n) is 3.15. The molecule has 110 valence electrons. The summed E-state index contributed by atoms with van der Waals surface area (Å²) in [6.45, 7) is 5.16. The molecule has 0 aliphatic rings. The van der Waals surface area contributed by atoms with E-state index in [0.717, 1.165) is 5.69 Å². The molecule has 2 aromatic rings. The Morgan fingerprint density at radius 1 is 1.33 bits per heavy atom. The third-order valence-corrected chi connectivity index (χ3v) is 3.34. The summed E-state index contributed by atoms with van der Waals surface area (Å²) in [6.07, 6.45) is 4.95. The van der Waals surface area contributed by atoms with E-state index in [2.05, 4.69) is 9.97 Å². The summed E-state index contributed by atoms with van der Waals surface area (Å²) < 4.78 is 1.74. The number of rotatable bonds is 5. The van der Waals surface area contributed by atoms with Gasteiger partial charge in [-0.2, -0.15) is 0 Å². The number of nitrogens with two attached hydrogens (primary N) is 1. The molecule has 6 nitrogen and oxygen atoms in total. The van der Waals surface area contributed by atoms with Crippen LogP contribution in [0.5, 0.6) is 0 Å². The number of carbonyl (C=O) groups is 1. The molecule has 0 aliphatic heterocycles.